The number of hydrogen-bond acceptors (Lipinski definition) is 5. The number of nitrogens with zero attached hydrogens (tertiary/aromatic N) is 2. The van der Waals surface area contributed by atoms with Crippen LogP contribution in [0, 0.1) is 0 Å². The predicted molar refractivity (Wildman–Crippen MR) is 103 cm³/mol. The Bertz CT molecular complexity index is 939. The van der Waals surface area contributed by atoms with Gasteiger partial charge < -0.3 is 14.7 Å². The summed E-state index contributed by atoms with van der Waals surface area (Å²) >= 11 is 1.58. The van der Waals surface area contributed by atoms with E-state index in [1.54, 1.807) is 23.2 Å². The molecule has 1 aromatic heterocycles. The molecular weight excluding hydrogens is 348 g/mol. The molecule has 0 saturated heterocycles. The van der Waals surface area contributed by atoms with Gasteiger partial charge in [-0.15, -0.1) is 11.3 Å². The Balaban J connectivity index is 1.71. The average molecular weight is 366 g/mol. The molecule has 3 aromatic rings. The molecule has 2 heterocycles. The van der Waals surface area contributed by atoms with Gasteiger partial charge in [-0.25, -0.2) is 4.98 Å². The molecule has 0 radical (unpaired) electrons. The van der Waals surface area contributed by atoms with E-state index in [1.165, 1.54) is 0 Å². The van der Waals surface area contributed by atoms with E-state index in [9.17, 15) is 9.90 Å². The van der Waals surface area contributed by atoms with Crippen LogP contribution in [0.4, 0.5) is 5.69 Å². The lowest BCUT2D eigenvalue weighted by Crippen LogP contribution is -2.45. The van der Waals surface area contributed by atoms with Gasteiger partial charge in [-0.3, -0.25) is 4.79 Å². The van der Waals surface area contributed by atoms with E-state index in [-0.39, 0.29) is 19.1 Å². The number of carbonyl (C=O) groups is 1. The number of thiazole rings is 1. The highest BCUT2D eigenvalue weighted by atomic mass is 32.1. The molecule has 0 aliphatic carbocycles. The Hall–Kier alpha value is -2.70. The first-order valence-corrected chi connectivity index (χ1v) is 9.29. The highest BCUT2D eigenvalue weighted by Gasteiger charge is 2.31. The van der Waals surface area contributed by atoms with Crippen molar-refractivity contribution in [1.82, 2.24) is 4.98 Å². The highest BCUT2D eigenvalue weighted by Crippen LogP contribution is 2.38. The Morgan fingerprint density at radius 3 is 2.77 bits per heavy atom. The molecule has 1 aliphatic heterocycles. The van der Waals surface area contributed by atoms with Crippen LogP contribution in [-0.4, -0.2) is 35.3 Å². The van der Waals surface area contributed by atoms with Gasteiger partial charge in [0, 0.05) is 23.1 Å². The molecule has 1 aliphatic rings. The maximum atomic E-state index is 12.4. The number of amides is 1. The molecule has 0 spiro atoms. The molecule has 0 saturated carbocycles. The number of benzene rings is 2. The minimum Gasteiger partial charge on any atom is -0.479 e. The number of hydrogen-bond donors (Lipinski definition) is 1. The first kappa shape index (κ1) is 16.8. The van der Waals surface area contributed by atoms with Gasteiger partial charge in [0.2, 0.25) is 0 Å². The summed E-state index contributed by atoms with van der Waals surface area (Å²) in [6.07, 6.45) is -0.552. The highest BCUT2D eigenvalue weighted by molar-refractivity contribution is 7.13. The van der Waals surface area contributed by atoms with Crippen LogP contribution in [0.25, 0.3) is 21.8 Å². The number of carbonyl (C=O) groups excluding carboxylic acids is 1. The van der Waals surface area contributed by atoms with E-state index in [2.05, 4.69) is 0 Å². The van der Waals surface area contributed by atoms with Gasteiger partial charge in [0.25, 0.3) is 5.91 Å². The van der Waals surface area contributed by atoms with Crippen molar-refractivity contribution in [2.24, 2.45) is 0 Å². The average Bonchev–Trinajstić information content (AvgIpc) is 3.16. The van der Waals surface area contributed by atoms with Crippen LogP contribution in [0.5, 0.6) is 5.75 Å². The molecule has 0 bridgehead atoms. The summed E-state index contributed by atoms with van der Waals surface area (Å²) in [5.41, 5.74) is 3.52. The monoisotopic (exact) mass is 366 g/mol. The lowest BCUT2D eigenvalue weighted by atomic mass is 10.1. The summed E-state index contributed by atoms with van der Waals surface area (Å²) in [6.45, 7) is 1.86. The first-order chi connectivity index (χ1) is 12.7. The Kier molecular flexibility index (Phi) is 4.44. The van der Waals surface area contributed by atoms with Gasteiger partial charge >= 0.3 is 0 Å². The SMILES string of the molecule is CC1Oc2ccc(-c3csc(-c4ccccc4)n3)cc2N(CCO)C1=O. The maximum absolute atomic E-state index is 12.4. The van der Waals surface area contributed by atoms with Gasteiger partial charge in [0.05, 0.1) is 18.0 Å². The summed E-state index contributed by atoms with van der Waals surface area (Å²) in [6, 6.07) is 15.7. The summed E-state index contributed by atoms with van der Waals surface area (Å²) in [5, 5.41) is 12.3. The van der Waals surface area contributed by atoms with Gasteiger partial charge in [-0.2, -0.15) is 0 Å². The molecular formula is C20H18N2O3S. The van der Waals surface area contributed by atoms with Gasteiger partial charge in [-0.1, -0.05) is 30.3 Å². The minimum atomic E-state index is -0.552. The maximum Gasteiger partial charge on any atom is 0.267 e. The van der Waals surface area contributed by atoms with Crippen LogP contribution < -0.4 is 9.64 Å². The van der Waals surface area contributed by atoms with Crippen LogP contribution in [0.1, 0.15) is 6.92 Å². The Morgan fingerprint density at radius 2 is 2.00 bits per heavy atom. The zero-order valence-electron chi connectivity index (χ0n) is 14.3. The zero-order chi connectivity index (χ0) is 18.1. The molecule has 1 unspecified atom stereocenters. The number of fused-ring (bicyclic) bond motifs is 1. The van der Waals surface area contributed by atoms with Crippen molar-refractivity contribution in [3.05, 3.63) is 53.9 Å². The van der Waals surface area contributed by atoms with E-state index < -0.39 is 6.10 Å². The smallest absolute Gasteiger partial charge is 0.267 e. The number of aromatic nitrogens is 1. The fraction of sp³-hybridized carbons (Fsp3) is 0.200. The van der Waals surface area contributed by atoms with Crippen LogP contribution >= 0.6 is 11.3 Å². The third kappa shape index (κ3) is 2.98. The molecule has 5 nitrogen and oxygen atoms in total. The number of β-amino-alcohol motifs (C(OH)–C–C–N with tert-alkyl or cyclic N) is 1. The third-order valence-electron chi connectivity index (χ3n) is 4.31. The second kappa shape index (κ2) is 6.90. The molecule has 1 atom stereocenters. The molecule has 2 aromatic carbocycles. The normalized spacial score (nSPS) is 16.3. The number of rotatable bonds is 4. The predicted octanol–water partition coefficient (Wildman–Crippen LogP) is 3.58. The second-order valence-corrected chi connectivity index (χ2v) is 6.92. The third-order valence-corrected chi connectivity index (χ3v) is 5.20. The molecule has 1 N–H and O–H groups in total. The van der Waals surface area contributed by atoms with E-state index in [1.807, 2.05) is 53.9 Å². The first-order valence-electron chi connectivity index (χ1n) is 8.41. The quantitative estimate of drug-likeness (QED) is 0.767. The molecule has 0 fully saturated rings. The zero-order valence-corrected chi connectivity index (χ0v) is 15.1. The van der Waals surface area contributed by atoms with Gasteiger partial charge in [0.15, 0.2) is 6.10 Å². The van der Waals surface area contributed by atoms with Crippen molar-refractivity contribution >= 4 is 22.9 Å². The van der Waals surface area contributed by atoms with E-state index in [4.69, 9.17) is 9.72 Å². The van der Waals surface area contributed by atoms with Crippen LogP contribution in [0.2, 0.25) is 0 Å². The minimum absolute atomic E-state index is 0.100. The Morgan fingerprint density at radius 1 is 1.19 bits per heavy atom. The van der Waals surface area contributed by atoms with Crippen molar-refractivity contribution in [3.63, 3.8) is 0 Å². The van der Waals surface area contributed by atoms with Gasteiger partial charge in [0.1, 0.15) is 10.8 Å². The molecule has 132 valence electrons. The van der Waals surface area contributed by atoms with E-state index in [0.29, 0.717) is 11.4 Å². The largest absolute Gasteiger partial charge is 0.479 e. The Labute approximate surface area is 155 Å². The fourth-order valence-electron chi connectivity index (χ4n) is 3.02. The van der Waals surface area contributed by atoms with Crippen molar-refractivity contribution in [3.8, 4) is 27.6 Å². The lowest BCUT2D eigenvalue weighted by molar-refractivity contribution is -0.125. The topological polar surface area (TPSA) is 62.7 Å². The second-order valence-electron chi connectivity index (χ2n) is 6.06. The standard InChI is InChI=1S/C20H18N2O3S/c1-13-20(24)22(9-10-23)17-11-15(7-8-18(17)25-13)16-12-26-19(21-16)14-5-3-2-4-6-14/h2-8,11-13,23H,9-10H2,1H3. The van der Waals surface area contributed by atoms with Crippen molar-refractivity contribution < 1.29 is 14.6 Å². The molecule has 26 heavy (non-hydrogen) atoms. The molecule has 6 heteroatoms. The molecule has 4 rings (SSSR count). The van der Waals surface area contributed by atoms with Crippen LogP contribution in [0.15, 0.2) is 53.9 Å². The van der Waals surface area contributed by atoms with Crippen LogP contribution in [0.3, 0.4) is 0 Å². The number of ether oxygens (including phenoxy) is 1. The van der Waals surface area contributed by atoms with E-state index >= 15 is 0 Å². The summed E-state index contributed by atoms with van der Waals surface area (Å²) in [5.74, 6) is 0.500. The molecule has 1 amide bonds. The number of aliphatic hydroxyl groups is 1. The van der Waals surface area contributed by atoms with Gasteiger partial charge in [-0.05, 0) is 25.1 Å². The summed E-state index contributed by atoms with van der Waals surface area (Å²) in [4.78, 5) is 18.7. The summed E-state index contributed by atoms with van der Waals surface area (Å²) < 4.78 is 5.70. The van der Waals surface area contributed by atoms with Crippen molar-refractivity contribution in [1.29, 1.82) is 0 Å². The van der Waals surface area contributed by atoms with Crippen molar-refractivity contribution in [2.75, 3.05) is 18.1 Å². The van der Waals surface area contributed by atoms with Crippen molar-refractivity contribution in [2.45, 2.75) is 13.0 Å². The lowest BCUT2D eigenvalue weighted by Gasteiger charge is -2.32. The van der Waals surface area contributed by atoms with E-state index in [0.717, 1.165) is 21.8 Å². The fourth-order valence-corrected chi connectivity index (χ4v) is 3.85. The number of aliphatic hydroxyl groups excluding tert-OH is 1. The van der Waals surface area contributed by atoms with Crippen LogP contribution in [-0.2, 0) is 4.79 Å². The number of anilines is 1. The summed E-state index contributed by atoms with van der Waals surface area (Å²) in [7, 11) is 0.